The van der Waals surface area contributed by atoms with Crippen LogP contribution < -0.4 is 10.5 Å². The maximum absolute atomic E-state index is 13.5. The van der Waals surface area contributed by atoms with Gasteiger partial charge in [-0.15, -0.1) is 0 Å². The van der Waals surface area contributed by atoms with Crippen LogP contribution in [0.15, 0.2) is 12.1 Å². The van der Waals surface area contributed by atoms with Crippen LogP contribution in [0.4, 0.5) is 4.39 Å². The molecule has 0 radical (unpaired) electrons. The average Bonchev–Trinajstić information content (AvgIpc) is 2.23. The number of ether oxygens (including phenoxy) is 1. The second-order valence-electron chi connectivity index (χ2n) is 2.81. The summed E-state index contributed by atoms with van der Waals surface area (Å²) in [5.41, 5.74) is 5.06. The maximum atomic E-state index is 13.5. The molecular formula is C10H12FNO3. The number of benzene rings is 1. The highest BCUT2D eigenvalue weighted by Crippen LogP contribution is 2.37. The SMILES string of the molecule is COc1cc(O)c(O)c(/C=C/CN)c1F. The highest BCUT2D eigenvalue weighted by atomic mass is 19.1. The summed E-state index contributed by atoms with van der Waals surface area (Å²) in [6.45, 7) is 0.205. The van der Waals surface area contributed by atoms with Crippen molar-refractivity contribution in [2.45, 2.75) is 0 Å². The van der Waals surface area contributed by atoms with E-state index < -0.39 is 17.3 Å². The molecule has 0 atom stereocenters. The summed E-state index contributed by atoms with van der Waals surface area (Å²) in [5.74, 6) is -1.85. The van der Waals surface area contributed by atoms with Crippen LogP contribution in [0.2, 0.25) is 0 Å². The van der Waals surface area contributed by atoms with Crippen LogP contribution in [0.5, 0.6) is 17.2 Å². The largest absolute Gasteiger partial charge is 0.504 e. The van der Waals surface area contributed by atoms with Crippen molar-refractivity contribution in [2.75, 3.05) is 13.7 Å². The van der Waals surface area contributed by atoms with Gasteiger partial charge in [-0.25, -0.2) is 4.39 Å². The van der Waals surface area contributed by atoms with Crippen molar-refractivity contribution in [3.8, 4) is 17.2 Å². The number of hydrogen-bond donors (Lipinski definition) is 3. The summed E-state index contributed by atoms with van der Waals surface area (Å²) in [4.78, 5) is 0. The molecule has 4 nitrogen and oxygen atoms in total. The molecule has 0 bridgehead atoms. The normalized spacial score (nSPS) is 10.9. The zero-order chi connectivity index (χ0) is 11.4. The molecule has 0 aliphatic rings. The monoisotopic (exact) mass is 213 g/mol. The molecule has 0 heterocycles. The highest BCUT2D eigenvalue weighted by molar-refractivity contribution is 5.65. The van der Waals surface area contributed by atoms with Gasteiger partial charge in [-0.3, -0.25) is 0 Å². The molecule has 0 saturated heterocycles. The quantitative estimate of drug-likeness (QED) is 0.660. The van der Waals surface area contributed by atoms with E-state index in [1.54, 1.807) is 0 Å². The van der Waals surface area contributed by atoms with Crippen LogP contribution in [0.3, 0.4) is 0 Å². The summed E-state index contributed by atoms with van der Waals surface area (Å²) in [5, 5.41) is 18.7. The first-order valence-corrected chi connectivity index (χ1v) is 4.26. The number of nitrogens with two attached hydrogens (primary N) is 1. The Kier molecular flexibility index (Phi) is 3.51. The second-order valence-corrected chi connectivity index (χ2v) is 2.81. The Balaban J connectivity index is 3.33. The van der Waals surface area contributed by atoms with E-state index in [9.17, 15) is 14.6 Å². The van der Waals surface area contributed by atoms with Crippen molar-refractivity contribution < 1.29 is 19.3 Å². The highest BCUT2D eigenvalue weighted by Gasteiger charge is 2.15. The van der Waals surface area contributed by atoms with Crippen molar-refractivity contribution >= 4 is 6.08 Å². The van der Waals surface area contributed by atoms with Gasteiger partial charge in [-0.05, 0) is 0 Å². The number of aromatic hydroxyl groups is 2. The van der Waals surface area contributed by atoms with Gasteiger partial charge in [0.1, 0.15) is 0 Å². The molecular weight excluding hydrogens is 201 g/mol. The summed E-state index contributed by atoms with van der Waals surface area (Å²) >= 11 is 0. The van der Waals surface area contributed by atoms with E-state index in [0.717, 1.165) is 6.07 Å². The Morgan fingerprint density at radius 3 is 2.73 bits per heavy atom. The molecule has 0 fully saturated rings. The molecule has 0 aliphatic heterocycles. The van der Waals surface area contributed by atoms with Crippen LogP contribution in [0.1, 0.15) is 5.56 Å². The molecule has 1 aromatic carbocycles. The Labute approximate surface area is 86.4 Å². The van der Waals surface area contributed by atoms with Gasteiger partial charge in [0.2, 0.25) is 0 Å². The Hall–Kier alpha value is -1.75. The molecule has 15 heavy (non-hydrogen) atoms. The predicted octanol–water partition coefficient (Wildman–Crippen LogP) is 1.22. The van der Waals surface area contributed by atoms with Gasteiger partial charge in [0.05, 0.1) is 12.7 Å². The van der Waals surface area contributed by atoms with Crippen LogP contribution in [0, 0.1) is 5.82 Å². The minimum atomic E-state index is -0.738. The zero-order valence-electron chi connectivity index (χ0n) is 8.20. The second kappa shape index (κ2) is 4.65. The van der Waals surface area contributed by atoms with E-state index in [-0.39, 0.29) is 17.9 Å². The molecule has 0 amide bonds. The minimum absolute atomic E-state index is 0.137. The van der Waals surface area contributed by atoms with Gasteiger partial charge in [0, 0.05) is 12.6 Å². The molecule has 0 spiro atoms. The Morgan fingerprint density at radius 1 is 1.53 bits per heavy atom. The van der Waals surface area contributed by atoms with E-state index in [0.29, 0.717) is 0 Å². The first-order chi connectivity index (χ1) is 7.11. The summed E-state index contributed by atoms with van der Waals surface area (Å²) in [6.07, 6.45) is 2.74. The van der Waals surface area contributed by atoms with Crippen LogP contribution in [0.25, 0.3) is 6.08 Å². The topological polar surface area (TPSA) is 75.7 Å². The maximum Gasteiger partial charge on any atom is 0.176 e. The summed E-state index contributed by atoms with van der Waals surface area (Å²) < 4.78 is 18.2. The van der Waals surface area contributed by atoms with E-state index >= 15 is 0 Å². The molecule has 5 heteroatoms. The van der Waals surface area contributed by atoms with E-state index in [1.165, 1.54) is 19.3 Å². The van der Waals surface area contributed by atoms with Crippen molar-refractivity contribution in [1.82, 2.24) is 0 Å². The van der Waals surface area contributed by atoms with Crippen LogP contribution >= 0.6 is 0 Å². The van der Waals surface area contributed by atoms with Crippen molar-refractivity contribution in [1.29, 1.82) is 0 Å². The number of methoxy groups -OCH3 is 1. The Bertz CT molecular complexity index is 391. The Morgan fingerprint density at radius 2 is 2.20 bits per heavy atom. The van der Waals surface area contributed by atoms with Crippen molar-refractivity contribution in [3.05, 3.63) is 23.5 Å². The number of phenolic OH excluding ortho intramolecular Hbond substituents is 2. The van der Waals surface area contributed by atoms with Crippen LogP contribution in [-0.2, 0) is 0 Å². The average molecular weight is 213 g/mol. The van der Waals surface area contributed by atoms with Gasteiger partial charge >= 0.3 is 0 Å². The van der Waals surface area contributed by atoms with Gasteiger partial charge in [-0.2, -0.15) is 0 Å². The molecule has 0 aliphatic carbocycles. The first kappa shape index (κ1) is 11.3. The lowest BCUT2D eigenvalue weighted by molar-refractivity contribution is 0.363. The number of halogens is 1. The number of phenols is 2. The number of hydrogen-bond acceptors (Lipinski definition) is 4. The molecule has 82 valence electrons. The lowest BCUT2D eigenvalue weighted by Crippen LogP contribution is -1.95. The van der Waals surface area contributed by atoms with Gasteiger partial charge in [-0.1, -0.05) is 12.2 Å². The standard InChI is InChI=1S/C10H12FNO3/c1-15-8-5-7(13)10(14)6(9(8)11)3-2-4-12/h2-3,5,13-14H,4,12H2,1H3/b3-2+. The fourth-order valence-corrected chi connectivity index (χ4v) is 1.12. The van der Waals surface area contributed by atoms with E-state index in [2.05, 4.69) is 0 Å². The zero-order valence-corrected chi connectivity index (χ0v) is 8.20. The number of rotatable bonds is 3. The lowest BCUT2D eigenvalue weighted by atomic mass is 10.1. The fraction of sp³-hybridized carbons (Fsp3) is 0.200. The molecule has 0 unspecified atom stereocenters. The summed E-state index contributed by atoms with van der Waals surface area (Å²) in [7, 11) is 1.27. The smallest absolute Gasteiger partial charge is 0.176 e. The van der Waals surface area contributed by atoms with E-state index in [4.69, 9.17) is 10.5 Å². The van der Waals surface area contributed by atoms with Gasteiger partial charge < -0.3 is 20.7 Å². The summed E-state index contributed by atoms with van der Waals surface area (Å²) in [6, 6.07) is 1.00. The fourth-order valence-electron chi connectivity index (χ4n) is 1.12. The van der Waals surface area contributed by atoms with Gasteiger partial charge in [0.15, 0.2) is 23.1 Å². The van der Waals surface area contributed by atoms with E-state index in [1.807, 2.05) is 0 Å². The lowest BCUT2D eigenvalue weighted by Gasteiger charge is -2.08. The molecule has 1 rings (SSSR count). The third-order valence-corrected chi connectivity index (χ3v) is 1.86. The third kappa shape index (κ3) is 2.19. The van der Waals surface area contributed by atoms with Crippen molar-refractivity contribution in [2.24, 2.45) is 5.73 Å². The minimum Gasteiger partial charge on any atom is -0.504 e. The third-order valence-electron chi connectivity index (χ3n) is 1.86. The molecule has 0 saturated carbocycles. The molecule has 1 aromatic rings. The van der Waals surface area contributed by atoms with Crippen LogP contribution in [-0.4, -0.2) is 23.9 Å². The first-order valence-electron chi connectivity index (χ1n) is 4.26. The van der Waals surface area contributed by atoms with Gasteiger partial charge in [0.25, 0.3) is 0 Å². The molecule has 4 N–H and O–H groups in total. The predicted molar refractivity (Wildman–Crippen MR) is 54.4 cm³/mol. The van der Waals surface area contributed by atoms with Crippen molar-refractivity contribution in [3.63, 3.8) is 0 Å². The molecule has 0 aromatic heterocycles.